The number of benzene rings is 1. The minimum absolute atomic E-state index is 0.165. The molecule has 0 spiro atoms. The average Bonchev–Trinajstić information content (AvgIpc) is 2.65. The molecular formula is C18H17BrN4O4. The van der Waals surface area contributed by atoms with Gasteiger partial charge in [0.05, 0.1) is 6.61 Å². The fourth-order valence-electron chi connectivity index (χ4n) is 2.68. The van der Waals surface area contributed by atoms with Crippen LogP contribution in [0.5, 0.6) is 5.75 Å². The first kappa shape index (κ1) is 18.8. The lowest BCUT2D eigenvalue weighted by Gasteiger charge is -2.12. The molecule has 1 N–H and O–H groups in total. The van der Waals surface area contributed by atoms with Crippen LogP contribution in [0.15, 0.2) is 50.6 Å². The zero-order valence-corrected chi connectivity index (χ0v) is 16.3. The van der Waals surface area contributed by atoms with Gasteiger partial charge in [0.15, 0.2) is 5.65 Å². The number of nitrogens with zero attached hydrogens (tertiary/aromatic N) is 3. The van der Waals surface area contributed by atoms with E-state index in [-0.39, 0.29) is 11.0 Å². The van der Waals surface area contributed by atoms with Crippen LogP contribution >= 0.6 is 15.9 Å². The maximum absolute atomic E-state index is 12.9. The second-order valence-corrected chi connectivity index (χ2v) is 6.64. The third-order valence-electron chi connectivity index (χ3n) is 3.92. The van der Waals surface area contributed by atoms with Crippen LogP contribution in [0, 0.1) is 0 Å². The van der Waals surface area contributed by atoms with Crippen molar-refractivity contribution in [3.8, 4) is 5.75 Å². The molecule has 0 radical (unpaired) electrons. The highest BCUT2D eigenvalue weighted by molar-refractivity contribution is 9.10. The third kappa shape index (κ3) is 3.77. The Morgan fingerprint density at radius 3 is 2.59 bits per heavy atom. The van der Waals surface area contributed by atoms with Crippen molar-refractivity contribution in [1.82, 2.24) is 14.1 Å². The number of ether oxygens (including phenoxy) is 1. The molecule has 0 aliphatic heterocycles. The van der Waals surface area contributed by atoms with E-state index < -0.39 is 23.7 Å². The first-order valence-corrected chi connectivity index (χ1v) is 8.98. The number of nitrogens with one attached hydrogen (secondary N) is 1. The molecule has 0 saturated heterocycles. The normalized spacial score (nSPS) is 10.8. The van der Waals surface area contributed by atoms with Gasteiger partial charge in [0, 0.05) is 23.4 Å². The van der Waals surface area contributed by atoms with E-state index in [0.29, 0.717) is 18.0 Å². The molecule has 0 unspecified atom stereocenters. The van der Waals surface area contributed by atoms with Gasteiger partial charge in [-0.3, -0.25) is 14.2 Å². The molecule has 0 bridgehead atoms. The summed E-state index contributed by atoms with van der Waals surface area (Å²) in [6, 6.07) is 8.53. The maximum atomic E-state index is 12.9. The lowest BCUT2D eigenvalue weighted by atomic mass is 10.3. The summed E-state index contributed by atoms with van der Waals surface area (Å²) >= 11 is 3.31. The van der Waals surface area contributed by atoms with Gasteiger partial charge < -0.3 is 10.1 Å². The highest BCUT2D eigenvalue weighted by atomic mass is 79.9. The fraction of sp³-hybridized carbons (Fsp3) is 0.222. The van der Waals surface area contributed by atoms with E-state index in [2.05, 4.69) is 26.2 Å². The standard InChI is InChI=1S/C18H17BrN4O4/c1-3-27-13-8-9-20-16-15(13)17(25)23(18(26)22(16)2)10-14(24)21-12-6-4-11(19)5-7-12/h4-9H,3,10H2,1-2H3,(H,21,24). The van der Waals surface area contributed by atoms with Gasteiger partial charge in [-0.15, -0.1) is 0 Å². The lowest BCUT2D eigenvalue weighted by molar-refractivity contribution is -0.116. The van der Waals surface area contributed by atoms with Crippen molar-refractivity contribution in [2.24, 2.45) is 7.05 Å². The molecule has 1 aromatic carbocycles. The fourth-order valence-corrected chi connectivity index (χ4v) is 2.94. The topological polar surface area (TPSA) is 95.2 Å². The molecule has 3 rings (SSSR count). The van der Waals surface area contributed by atoms with E-state index in [9.17, 15) is 14.4 Å². The van der Waals surface area contributed by atoms with Crippen LogP contribution in [0.4, 0.5) is 5.69 Å². The molecule has 0 aliphatic carbocycles. The average molecular weight is 433 g/mol. The number of pyridine rings is 1. The summed E-state index contributed by atoms with van der Waals surface area (Å²) in [5, 5.41) is 2.83. The van der Waals surface area contributed by atoms with Crippen LogP contribution in [-0.2, 0) is 18.4 Å². The van der Waals surface area contributed by atoms with Gasteiger partial charge in [-0.05, 0) is 37.3 Å². The predicted molar refractivity (Wildman–Crippen MR) is 105 cm³/mol. The molecule has 2 aromatic heterocycles. The number of amides is 1. The van der Waals surface area contributed by atoms with Gasteiger partial charge >= 0.3 is 5.69 Å². The van der Waals surface area contributed by atoms with Crippen molar-refractivity contribution in [2.75, 3.05) is 11.9 Å². The molecule has 0 saturated carbocycles. The number of aryl methyl sites for hydroxylation is 1. The Morgan fingerprint density at radius 2 is 1.93 bits per heavy atom. The molecule has 0 aliphatic rings. The largest absolute Gasteiger partial charge is 0.493 e. The van der Waals surface area contributed by atoms with Gasteiger partial charge in [-0.2, -0.15) is 0 Å². The summed E-state index contributed by atoms with van der Waals surface area (Å²) in [5.74, 6) is -0.164. The number of aromatic nitrogens is 3. The van der Waals surface area contributed by atoms with Crippen LogP contribution in [0.25, 0.3) is 11.0 Å². The van der Waals surface area contributed by atoms with Gasteiger partial charge in [0.1, 0.15) is 17.7 Å². The second-order valence-electron chi connectivity index (χ2n) is 5.73. The Labute approximate surface area is 162 Å². The van der Waals surface area contributed by atoms with Crippen LogP contribution in [0.3, 0.4) is 0 Å². The molecule has 27 heavy (non-hydrogen) atoms. The Balaban J connectivity index is 2.02. The molecule has 3 aromatic rings. The second kappa shape index (κ2) is 7.75. The Morgan fingerprint density at radius 1 is 1.22 bits per heavy atom. The third-order valence-corrected chi connectivity index (χ3v) is 4.45. The van der Waals surface area contributed by atoms with Crippen LogP contribution in [0.1, 0.15) is 6.92 Å². The minimum Gasteiger partial charge on any atom is -0.493 e. The van der Waals surface area contributed by atoms with Gasteiger partial charge in [0.25, 0.3) is 5.56 Å². The van der Waals surface area contributed by atoms with Crippen molar-refractivity contribution >= 4 is 38.6 Å². The Hall–Kier alpha value is -2.94. The van der Waals surface area contributed by atoms with Crippen molar-refractivity contribution < 1.29 is 9.53 Å². The number of carbonyl (C=O) groups excluding carboxylic acids is 1. The molecule has 140 valence electrons. The molecule has 9 heteroatoms. The number of fused-ring (bicyclic) bond motifs is 1. The summed E-state index contributed by atoms with van der Waals surface area (Å²) in [5.41, 5.74) is -0.471. The lowest BCUT2D eigenvalue weighted by Crippen LogP contribution is -2.42. The molecule has 1 amide bonds. The van der Waals surface area contributed by atoms with Crippen molar-refractivity contribution in [3.63, 3.8) is 0 Å². The highest BCUT2D eigenvalue weighted by Gasteiger charge is 2.18. The van der Waals surface area contributed by atoms with Crippen molar-refractivity contribution in [1.29, 1.82) is 0 Å². The summed E-state index contributed by atoms with van der Waals surface area (Å²) in [4.78, 5) is 41.9. The monoisotopic (exact) mass is 432 g/mol. The van der Waals surface area contributed by atoms with Crippen molar-refractivity contribution in [2.45, 2.75) is 13.5 Å². The van der Waals surface area contributed by atoms with Gasteiger partial charge in [-0.1, -0.05) is 15.9 Å². The van der Waals surface area contributed by atoms with Crippen LogP contribution < -0.4 is 21.3 Å². The van der Waals surface area contributed by atoms with Crippen LogP contribution in [0.2, 0.25) is 0 Å². The Bertz CT molecular complexity index is 1120. The number of carbonyl (C=O) groups is 1. The maximum Gasteiger partial charge on any atom is 0.332 e. The zero-order valence-electron chi connectivity index (χ0n) is 14.7. The number of anilines is 1. The summed E-state index contributed by atoms with van der Waals surface area (Å²) in [6.07, 6.45) is 1.47. The smallest absolute Gasteiger partial charge is 0.332 e. The highest BCUT2D eigenvalue weighted by Crippen LogP contribution is 2.19. The summed E-state index contributed by atoms with van der Waals surface area (Å²) in [7, 11) is 1.50. The number of hydrogen-bond acceptors (Lipinski definition) is 5. The minimum atomic E-state index is -0.625. The Kier molecular flexibility index (Phi) is 5.41. The number of hydrogen-bond donors (Lipinski definition) is 1. The SMILES string of the molecule is CCOc1ccnc2c1c(=O)n(CC(=O)Nc1ccc(Br)cc1)c(=O)n2C. The molecule has 0 atom stereocenters. The van der Waals surface area contributed by atoms with Crippen molar-refractivity contribution in [3.05, 3.63) is 61.8 Å². The zero-order chi connectivity index (χ0) is 19.6. The van der Waals surface area contributed by atoms with E-state index >= 15 is 0 Å². The molecular weight excluding hydrogens is 416 g/mol. The van der Waals surface area contributed by atoms with E-state index in [4.69, 9.17) is 4.74 Å². The number of halogens is 1. The molecule has 2 heterocycles. The van der Waals surface area contributed by atoms with E-state index in [1.165, 1.54) is 17.8 Å². The van der Waals surface area contributed by atoms with E-state index in [1.54, 1.807) is 37.3 Å². The first-order valence-electron chi connectivity index (χ1n) is 8.19. The summed E-state index contributed by atoms with van der Waals surface area (Å²) < 4.78 is 8.46. The first-order chi connectivity index (χ1) is 12.9. The number of rotatable bonds is 5. The van der Waals surface area contributed by atoms with Gasteiger partial charge in [-0.25, -0.2) is 14.3 Å². The van der Waals surface area contributed by atoms with E-state index in [1.807, 2.05) is 0 Å². The summed E-state index contributed by atoms with van der Waals surface area (Å²) in [6.45, 7) is 1.72. The van der Waals surface area contributed by atoms with E-state index in [0.717, 1.165) is 9.04 Å². The molecule has 0 fully saturated rings. The van der Waals surface area contributed by atoms with Gasteiger partial charge in [0.2, 0.25) is 5.91 Å². The van der Waals surface area contributed by atoms with Crippen LogP contribution in [-0.4, -0.2) is 26.6 Å². The predicted octanol–water partition coefficient (Wildman–Crippen LogP) is 1.90. The molecule has 8 nitrogen and oxygen atoms in total. The quantitative estimate of drug-likeness (QED) is 0.663.